The van der Waals surface area contributed by atoms with E-state index in [9.17, 15) is 14.7 Å². The number of aliphatic hydroxyl groups is 1. The van der Waals surface area contributed by atoms with E-state index in [1.807, 2.05) is 0 Å². The summed E-state index contributed by atoms with van der Waals surface area (Å²) in [7, 11) is 2.87. The van der Waals surface area contributed by atoms with Crippen LogP contribution >= 0.6 is 23.2 Å². The first kappa shape index (κ1) is 24.0. The summed E-state index contributed by atoms with van der Waals surface area (Å²) in [6.07, 6.45) is 2.63. The van der Waals surface area contributed by atoms with Crippen molar-refractivity contribution in [1.29, 1.82) is 0 Å². The quantitative estimate of drug-likeness (QED) is 0.231. The van der Waals surface area contributed by atoms with Crippen molar-refractivity contribution in [2.45, 2.75) is 32.2 Å². The van der Waals surface area contributed by atoms with E-state index in [4.69, 9.17) is 32.7 Å². The Morgan fingerprint density at radius 3 is 2.28 bits per heavy atom. The minimum Gasteiger partial charge on any atom is -0.507 e. The lowest BCUT2D eigenvalue weighted by Crippen LogP contribution is -2.30. The molecule has 0 aliphatic carbocycles. The summed E-state index contributed by atoms with van der Waals surface area (Å²) < 4.78 is 10.6. The standard InChI is InChI=1S/C24H25Cl2NO5/c1-4-5-6-11-27-21(14-7-9-15(25)10-8-14)20(23(29)24(27)30)22(28)16-12-19(32-3)17(26)13-18(16)31-2/h7-10,12-13,21,28H,4-6,11H2,1-3H3/b22-20+. The van der Waals surface area contributed by atoms with Gasteiger partial charge in [0.15, 0.2) is 0 Å². The van der Waals surface area contributed by atoms with E-state index in [1.165, 1.54) is 31.3 Å². The number of aliphatic hydroxyl groups excluding tert-OH is 1. The molecule has 3 rings (SSSR count). The van der Waals surface area contributed by atoms with Gasteiger partial charge in [0.2, 0.25) is 0 Å². The van der Waals surface area contributed by atoms with Crippen LogP contribution in [-0.2, 0) is 9.59 Å². The smallest absolute Gasteiger partial charge is 0.295 e. The number of hydrogen-bond donors (Lipinski definition) is 1. The Balaban J connectivity index is 2.21. The van der Waals surface area contributed by atoms with Crippen LogP contribution in [0.5, 0.6) is 11.5 Å². The molecular formula is C24H25Cl2NO5. The maximum atomic E-state index is 13.1. The number of carbonyl (C=O) groups is 2. The topological polar surface area (TPSA) is 76.1 Å². The zero-order valence-electron chi connectivity index (χ0n) is 18.2. The first-order chi connectivity index (χ1) is 15.3. The molecule has 8 heteroatoms. The highest BCUT2D eigenvalue weighted by molar-refractivity contribution is 6.46. The lowest BCUT2D eigenvalue weighted by molar-refractivity contribution is -0.139. The number of hydrogen-bond acceptors (Lipinski definition) is 5. The SMILES string of the molecule is CCCCCN1C(=O)C(=O)/C(=C(/O)c2cc(OC)c(Cl)cc2OC)C1c1ccc(Cl)cc1. The molecule has 32 heavy (non-hydrogen) atoms. The van der Waals surface area contributed by atoms with E-state index < -0.39 is 17.7 Å². The Bertz CT molecular complexity index is 1050. The second-order valence-corrected chi connectivity index (χ2v) is 8.28. The average Bonchev–Trinajstić information content (AvgIpc) is 3.04. The number of benzene rings is 2. The first-order valence-electron chi connectivity index (χ1n) is 10.3. The Labute approximate surface area is 197 Å². The number of Topliss-reactive ketones (excluding diaryl/α,β-unsaturated/α-hetero) is 1. The molecule has 2 aromatic rings. The summed E-state index contributed by atoms with van der Waals surface area (Å²) in [4.78, 5) is 27.6. The predicted molar refractivity (Wildman–Crippen MR) is 125 cm³/mol. The highest BCUT2D eigenvalue weighted by Crippen LogP contribution is 2.43. The van der Waals surface area contributed by atoms with E-state index >= 15 is 0 Å². The second kappa shape index (κ2) is 10.3. The zero-order chi connectivity index (χ0) is 23.4. The Hall–Kier alpha value is -2.70. The Morgan fingerprint density at radius 2 is 1.69 bits per heavy atom. The summed E-state index contributed by atoms with van der Waals surface area (Å²) in [5.41, 5.74) is 0.863. The number of ether oxygens (including phenoxy) is 2. The first-order valence-corrected chi connectivity index (χ1v) is 11.0. The van der Waals surface area contributed by atoms with Crippen LogP contribution in [0.25, 0.3) is 5.76 Å². The van der Waals surface area contributed by atoms with Gasteiger partial charge >= 0.3 is 0 Å². The number of unbranched alkanes of at least 4 members (excludes halogenated alkanes) is 2. The van der Waals surface area contributed by atoms with Crippen molar-refractivity contribution in [2.75, 3.05) is 20.8 Å². The molecule has 0 bridgehead atoms. The van der Waals surface area contributed by atoms with Gasteiger partial charge in [0, 0.05) is 17.6 Å². The minimum atomic E-state index is -0.755. The van der Waals surface area contributed by atoms with Crippen LogP contribution in [0.15, 0.2) is 42.0 Å². The van der Waals surface area contributed by atoms with E-state index in [0.717, 1.165) is 19.3 Å². The number of likely N-dealkylation sites (tertiary alicyclic amines) is 1. The van der Waals surface area contributed by atoms with Crippen LogP contribution in [0.1, 0.15) is 43.4 Å². The van der Waals surface area contributed by atoms with Crippen molar-refractivity contribution in [2.24, 2.45) is 0 Å². The number of nitrogens with zero attached hydrogens (tertiary/aromatic N) is 1. The van der Waals surface area contributed by atoms with Crippen molar-refractivity contribution in [3.63, 3.8) is 0 Å². The molecule has 0 spiro atoms. The highest BCUT2D eigenvalue weighted by Gasteiger charge is 2.46. The van der Waals surface area contributed by atoms with Gasteiger partial charge in [0.1, 0.15) is 17.3 Å². The largest absolute Gasteiger partial charge is 0.507 e. The summed E-state index contributed by atoms with van der Waals surface area (Å²) in [6.45, 7) is 2.45. The Kier molecular flexibility index (Phi) is 7.69. The van der Waals surface area contributed by atoms with E-state index in [2.05, 4.69) is 6.92 Å². The van der Waals surface area contributed by atoms with Crippen LogP contribution in [0, 0.1) is 0 Å². The van der Waals surface area contributed by atoms with Crippen LogP contribution in [-0.4, -0.2) is 42.5 Å². The third-order valence-corrected chi connectivity index (χ3v) is 6.00. The molecule has 1 heterocycles. The van der Waals surface area contributed by atoms with Crippen molar-refractivity contribution in [1.82, 2.24) is 4.90 Å². The molecule has 0 radical (unpaired) electrons. The van der Waals surface area contributed by atoms with Crippen LogP contribution in [0.3, 0.4) is 0 Å². The Morgan fingerprint density at radius 1 is 1.03 bits per heavy atom. The minimum absolute atomic E-state index is 0.0171. The number of ketones is 1. The lowest BCUT2D eigenvalue weighted by Gasteiger charge is -2.25. The third-order valence-electron chi connectivity index (χ3n) is 5.46. The summed E-state index contributed by atoms with van der Waals surface area (Å²) in [6, 6.07) is 9.10. The summed E-state index contributed by atoms with van der Waals surface area (Å²) >= 11 is 12.2. The number of rotatable bonds is 8. The lowest BCUT2D eigenvalue weighted by atomic mass is 9.95. The molecular weight excluding hydrogens is 453 g/mol. The van der Waals surface area contributed by atoms with Gasteiger partial charge in [-0.3, -0.25) is 9.59 Å². The number of methoxy groups -OCH3 is 2. The molecule has 1 saturated heterocycles. The molecule has 1 N–H and O–H groups in total. The maximum absolute atomic E-state index is 13.1. The number of carbonyl (C=O) groups excluding carboxylic acids is 2. The van der Waals surface area contributed by atoms with Gasteiger partial charge in [-0.15, -0.1) is 0 Å². The van der Waals surface area contributed by atoms with E-state index in [1.54, 1.807) is 24.3 Å². The molecule has 1 aliphatic heterocycles. The number of amides is 1. The zero-order valence-corrected chi connectivity index (χ0v) is 19.7. The van der Waals surface area contributed by atoms with Crippen molar-refractivity contribution >= 4 is 40.7 Å². The summed E-state index contributed by atoms with van der Waals surface area (Å²) in [5.74, 6) is -1.21. The highest BCUT2D eigenvalue weighted by atomic mass is 35.5. The summed E-state index contributed by atoms with van der Waals surface area (Å²) in [5, 5.41) is 12.1. The van der Waals surface area contributed by atoms with Crippen molar-refractivity contribution in [3.8, 4) is 11.5 Å². The molecule has 0 saturated carbocycles. The fourth-order valence-electron chi connectivity index (χ4n) is 3.83. The van der Waals surface area contributed by atoms with Gasteiger partial charge < -0.3 is 19.5 Å². The second-order valence-electron chi connectivity index (χ2n) is 7.44. The van der Waals surface area contributed by atoms with Crippen LogP contribution in [0.4, 0.5) is 0 Å². The van der Waals surface area contributed by atoms with Gasteiger partial charge in [-0.05, 0) is 30.2 Å². The third kappa shape index (κ3) is 4.57. The fraction of sp³-hybridized carbons (Fsp3) is 0.333. The van der Waals surface area contributed by atoms with Gasteiger partial charge in [0.25, 0.3) is 11.7 Å². The van der Waals surface area contributed by atoms with Gasteiger partial charge in [-0.2, -0.15) is 0 Å². The maximum Gasteiger partial charge on any atom is 0.295 e. The molecule has 1 unspecified atom stereocenters. The van der Waals surface area contributed by atoms with Crippen molar-refractivity contribution in [3.05, 3.63) is 63.1 Å². The van der Waals surface area contributed by atoms with Crippen LogP contribution in [0.2, 0.25) is 10.0 Å². The van der Waals surface area contributed by atoms with Crippen LogP contribution < -0.4 is 9.47 Å². The van der Waals surface area contributed by atoms with E-state index in [-0.39, 0.29) is 27.7 Å². The molecule has 1 fully saturated rings. The molecule has 2 aromatic carbocycles. The van der Waals surface area contributed by atoms with Gasteiger partial charge in [-0.25, -0.2) is 0 Å². The predicted octanol–water partition coefficient (Wildman–Crippen LogP) is 5.62. The molecule has 170 valence electrons. The van der Waals surface area contributed by atoms with E-state index in [0.29, 0.717) is 22.9 Å². The molecule has 1 atom stereocenters. The molecule has 6 nitrogen and oxygen atoms in total. The monoisotopic (exact) mass is 477 g/mol. The van der Waals surface area contributed by atoms with Gasteiger partial charge in [-0.1, -0.05) is 55.1 Å². The average molecular weight is 478 g/mol. The van der Waals surface area contributed by atoms with Crippen molar-refractivity contribution < 1.29 is 24.2 Å². The normalized spacial score (nSPS) is 17.7. The number of halogens is 2. The molecule has 0 aromatic heterocycles. The molecule has 1 aliphatic rings. The molecule has 1 amide bonds. The fourth-order valence-corrected chi connectivity index (χ4v) is 4.18. The van der Waals surface area contributed by atoms with Gasteiger partial charge in [0.05, 0.1) is 36.4 Å².